The van der Waals surface area contributed by atoms with Gasteiger partial charge in [-0.2, -0.15) is 0 Å². The Hall–Kier alpha value is -1.15. The minimum atomic E-state index is -0.330. The van der Waals surface area contributed by atoms with E-state index in [1.165, 1.54) is 5.56 Å². The maximum absolute atomic E-state index is 11.2. The first-order valence-corrected chi connectivity index (χ1v) is 4.52. The van der Waals surface area contributed by atoms with Gasteiger partial charge in [0.05, 0.1) is 6.04 Å². The summed E-state index contributed by atoms with van der Waals surface area (Å²) in [6, 6.07) is 9.64. The van der Waals surface area contributed by atoms with Gasteiger partial charge in [-0.25, -0.2) is 0 Å². The van der Waals surface area contributed by atoms with Gasteiger partial charge >= 0.3 is 0 Å². The normalized spacial score (nSPS) is 12.5. The van der Waals surface area contributed by atoms with Crippen LogP contribution in [0.25, 0.3) is 0 Å². The largest absolute Gasteiger partial charge is 0.322 e. The Morgan fingerprint density at radius 2 is 2.00 bits per heavy atom. The Morgan fingerprint density at radius 1 is 1.38 bits per heavy atom. The second-order valence-electron chi connectivity index (χ2n) is 3.24. The Bertz CT molecular complexity index is 267. The third kappa shape index (κ3) is 3.38. The molecule has 2 heteroatoms. The summed E-state index contributed by atoms with van der Waals surface area (Å²) in [5.41, 5.74) is 6.64. The highest BCUT2D eigenvalue weighted by Crippen LogP contribution is 2.03. The third-order valence-corrected chi connectivity index (χ3v) is 2.01. The van der Waals surface area contributed by atoms with Crippen LogP contribution in [-0.2, 0) is 11.2 Å². The number of ketones is 1. The number of hydrogen-bond donors (Lipinski definition) is 1. The number of rotatable bonds is 4. The summed E-state index contributed by atoms with van der Waals surface area (Å²) < 4.78 is 0. The third-order valence-electron chi connectivity index (χ3n) is 2.01. The molecule has 0 radical (unpaired) electrons. The zero-order chi connectivity index (χ0) is 9.68. The second-order valence-corrected chi connectivity index (χ2v) is 3.24. The SMILES string of the molecule is C[C@H](N)C(=O)CCc1ccccc1. The summed E-state index contributed by atoms with van der Waals surface area (Å²) in [4.78, 5) is 11.2. The van der Waals surface area contributed by atoms with E-state index in [0.29, 0.717) is 6.42 Å². The van der Waals surface area contributed by atoms with Crippen molar-refractivity contribution in [2.24, 2.45) is 5.73 Å². The van der Waals surface area contributed by atoms with Crippen LogP contribution in [0.15, 0.2) is 30.3 Å². The summed E-state index contributed by atoms with van der Waals surface area (Å²) in [6.07, 6.45) is 1.34. The highest BCUT2D eigenvalue weighted by atomic mass is 16.1. The predicted molar refractivity (Wildman–Crippen MR) is 53.4 cm³/mol. The van der Waals surface area contributed by atoms with Crippen molar-refractivity contribution in [2.45, 2.75) is 25.8 Å². The van der Waals surface area contributed by atoms with Crippen molar-refractivity contribution in [1.82, 2.24) is 0 Å². The van der Waals surface area contributed by atoms with Crippen molar-refractivity contribution >= 4 is 5.78 Å². The molecule has 2 N–H and O–H groups in total. The van der Waals surface area contributed by atoms with Crippen LogP contribution in [0, 0.1) is 0 Å². The molecule has 0 saturated carbocycles. The molecule has 0 aliphatic heterocycles. The maximum Gasteiger partial charge on any atom is 0.149 e. The number of carbonyl (C=O) groups is 1. The van der Waals surface area contributed by atoms with Crippen LogP contribution in [0.2, 0.25) is 0 Å². The molecule has 1 atom stereocenters. The fraction of sp³-hybridized carbons (Fsp3) is 0.364. The number of hydrogen-bond acceptors (Lipinski definition) is 2. The minimum Gasteiger partial charge on any atom is -0.322 e. The molecule has 0 saturated heterocycles. The fourth-order valence-corrected chi connectivity index (χ4v) is 1.14. The van der Waals surface area contributed by atoms with Crippen LogP contribution < -0.4 is 5.73 Å². The van der Waals surface area contributed by atoms with Gasteiger partial charge in [-0.3, -0.25) is 4.79 Å². The number of nitrogens with two attached hydrogens (primary N) is 1. The molecule has 2 nitrogen and oxygen atoms in total. The molecule has 0 bridgehead atoms. The van der Waals surface area contributed by atoms with E-state index in [1.807, 2.05) is 30.3 Å². The molecular formula is C11H15NO. The van der Waals surface area contributed by atoms with Gasteiger partial charge in [-0.15, -0.1) is 0 Å². The number of Topliss-reactive ketones (excluding diaryl/α,β-unsaturated/α-hetero) is 1. The lowest BCUT2D eigenvalue weighted by Crippen LogP contribution is -2.26. The number of aryl methyl sites for hydroxylation is 1. The van der Waals surface area contributed by atoms with Gasteiger partial charge in [0.15, 0.2) is 0 Å². The smallest absolute Gasteiger partial charge is 0.149 e. The maximum atomic E-state index is 11.2. The van der Waals surface area contributed by atoms with Crippen molar-refractivity contribution in [2.75, 3.05) is 0 Å². The zero-order valence-electron chi connectivity index (χ0n) is 7.86. The van der Waals surface area contributed by atoms with E-state index in [1.54, 1.807) is 6.92 Å². The molecule has 0 aliphatic rings. The Morgan fingerprint density at radius 3 is 2.54 bits per heavy atom. The molecule has 1 aromatic carbocycles. The number of benzene rings is 1. The molecule has 1 aromatic rings. The molecule has 0 aromatic heterocycles. The average Bonchev–Trinajstić information content (AvgIpc) is 2.15. The molecule has 0 aliphatic carbocycles. The molecule has 70 valence electrons. The lowest BCUT2D eigenvalue weighted by molar-refractivity contribution is -0.119. The molecule has 0 amide bonds. The summed E-state index contributed by atoms with van der Waals surface area (Å²) in [7, 11) is 0. The Labute approximate surface area is 78.8 Å². The van der Waals surface area contributed by atoms with E-state index in [9.17, 15) is 4.79 Å². The van der Waals surface area contributed by atoms with Gasteiger partial charge in [-0.1, -0.05) is 30.3 Å². The summed E-state index contributed by atoms with van der Waals surface area (Å²) in [5, 5.41) is 0. The standard InChI is InChI=1S/C11H15NO/c1-9(12)11(13)8-7-10-5-3-2-4-6-10/h2-6,9H,7-8,12H2,1H3/t9-/m0/s1. The van der Waals surface area contributed by atoms with E-state index < -0.39 is 0 Å². The Kier molecular flexibility index (Phi) is 3.65. The first-order chi connectivity index (χ1) is 6.20. The lowest BCUT2D eigenvalue weighted by atomic mass is 10.1. The van der Waals surface area contributed by atoms with Gasteiger partial charge in [0.2, 0.25) is 0 Å². The van der Waals surface area contributed by atoms with Crippen molar-refractivity contribution in [1.29, 1.82) is 0 Å². The van der Waals surface area contributed by atoms with Crippen molar-refractivity contribution in [3.63, 3.8) is 0 Å². The van der Waals surface area contributed by atoms with Crippen LogP contribution in [0.4, 0.5) is 0 Å². The lowest BCUT2D eigenvalue weighted by Gasteiger charge is -2.03. The van der Waals surface area contributed by atoms with Gasteiger partial charge in [0, 0.05) is 6.42 Å². The van der Waals surface area contributed by atoms with E-state index in [0.717, 1.165) is 6.42 Å². The fourth-order valence-electron chi connectivity index (χ4n) is 1.14. The second kappa shape index (κ2) is 4.77. The van der Waals surface area contributed by atoms with Crippen molar-refractivity contribution < 1.29 is 4.79 Å². The van der Waals surface area contributed by atoms with Gasteiger partial charge < -0.3 is 5.73 Å². The first kappa shape index (κ1) is 9.93. The van der Waals surface area contributed by atoms with Crippen LogP contribution in [0.3, 0.4) is 0 Å². The molecule has 0 heterocycles. The van der Waals surface area contributed by atoms with E-state index >= 15 is 0 Å². The van der Waals surface area contributed by atoms with Gasteiger partial charge in [0.25, 0.3) is 0 Å². The van der Waals surface area contributed by atoms with Crippen LogP contribution in [-0.4, -0.2) is 11.8 Å². The van der Waals surface area contributed by atoms with Gasteiger partial charge in [-0.05, 0) is 18.9 Å². The van der Waals surface area contributed by atoms with Gasteiger partial charge in [0.1, 0.15) is 5.78 Å². The summed E-state index contributed by atoms with van der Waals surface area (Å²) >= 11 is 0. The average molecular weight is 177 g/mol. The molecule has 0 spiro atoms. The van der Waals surface area contributed by atoms with E-state index in [2.05, 4.69) is 0 Å². The van der Waals surface area contributed by atoms with Crippen LogP contribution in [0.5, 0.6) is 0 Å². The topological polar surface area (TPSA) is 43.1 Å². The van der Waals surface area contributed by atoms with Crippen molar-refractivity contribution in [3.8, 4) is 0 Å². The molecule has 13 heavy (non-hydrogen) atoms. The van der Waals surface area contributed by atoms with Crippen LogP contribution >= 0.6 is 0 Å². The van der Waals surface area contributed by atoms with E-state index in [-0.39, 0.29) is 11.8 Å². The highest BCUT2D eigenvalue weighted by molar-refractivity contribution is 5.83. The zero-order valence-corrected chi connectivity index (χ0v) is 7.86. The molecule has 0 unspecified atom stereocenters. The molecular weight excluding hydrogens is 162 g/mol. The highest BCUT2D eigenvalue weighted by Gasteiger charge is 2.06. The first-order valence-electron chi connectivity index (χ1n) is 4.52. The predicted octanol–water partition coefficient (Wildman–Crippen LogP) is 1.54. The molecule has 1 rings (SSSR count). The Balaban J connectivity index is 2.40. The van der Waals surface area contributed by atoms with Crippen LogP contribution in [0.1, 0.15) is 18.9 Å². The molecule has 0 fully saturated rings. The summed E-state index contributed by atoms with van der Waals surface area (Å²) in [5.74, 6) is 0.129. The minimum absolute atomic E-state index is 0.129. The number of carbonyl (C=O) groups excluding carboxylic acids is 1. The van der Waals surface area contributed by atoms with E-state index in [4.69, 9.17) is 5.73 Å². The summed E-state index contributed by atoms with van der Waals surface area (Å²) in [6.45, 7) is 1.73. The monoisotopic (exact) mass is 177 g/mol. The quantitative estimate of drug-likeness (QED) is 0.758. The van der Waals surface area contributed by atoms with Crippen molar-refractivity contribution in [3.05, 3.63) is 35.9 Å².